The topological polar surface area (TPSA) is 94.1 Å². The van der Waals surface area contributed by atoms with Crippen molar-refractivity contribution in [3.05, 3.63) is 60.6 Å². The first-order valence-corrected chi connectivity index (χ1v) is 9.89. The fourth-order valence-corrected chi connectivity index (χ4v) is 3.54. The summed E-state index contributed by atoms with van der Waals surface area (Å²) in [5, 5.41) is 13.8. The number of anilines is 1. The van der Waals surface area contributed by atoms with Gasteiger partial charge in [0, 0.05) is 44.5 Å². The maximum atomic E-state index is 4.45. The number of rotatable bonds is 5. The number of hydrogen-bond acceptors (Lipinski definition) is 5. The molecule has 3 N–H and O–H groups in total. The first kappa shape index (κ1) is 18.9. The summed E-state index contributed by atoms with van der Waals surface area (Å²) in [5.74, 6) is 2.65. The monoisotopic (exact) mass is 390 g/mol. The van der Waals surface area contributed by atoms with Gasteiger partial charge in [0.2, 0.25) is 0 Å². The minimum atomic E-state index is 0.404. The van der Waals surface area contributed by atoms with Crippen molar-refractivity contribution in [3.63, 3.8) is 0 Å². The average molecular weight is 390 g/mol. The first-order valence-electron chi connectivity index (χ1n) is 9.89. The lowest BCUT2D eigenvalue weighted by molar-refractivity contribution is 0.459. The summed E-state index contributed by atoms with van der Waals surface area (Å²) in [6.45, 7) is 2.67. The molecule has 4 rings (SSSR count). The molecule has 2 aromatic heterocycles. The lowest BCUT2D eigenvalue weighted by atomic mass is 10.1. The predicted molar refractivity (Wildman–Crippen MR) is 115 cm³/mol. The standard InChI is InChI=1S/C21H26N8/c1-22-21(24-14-16-5-4-6-17(13-16)20-25-15-26-28-20)27-18-8-11-29(12-9-18)19-7-2-3-10-23-19/h2-7,10,13,15,18H,8-9,11-12,14H2,1H3,(H2,22,24,27)(H,25,26,28). The molecule has 1 aliphatic rings. The molecule has 0 atom stereocenters. The van der Waals surface area contributed by atoms with E-state index in [9.17, 15) is 0 Å². The third-order valence-corrected chi connectivity index (χ3v) is 5.11. The van der Waals surface area contributed by atoms with Crippen molar-refractivity contribution in [2.24, 2.45) is 4.99 Å². The fraction of sp³-hybridized carbons (Fsp3) is 0.333. The average Bonchev–Trinajstić information content (AvgIpc) is 3.33. The largest absolute Gasteiger partial charge is 0.356 e. The summed E-state index contributed by atoms with van der Waals surface area (Å²) in [5.41, 5.74) is 2.18. The molecular weight excluding hydrogens is 364 g/mol. The van der Waals surface area contributed by atoms with Crippen molar-refractivity contribution >= 4 is 11.8 Å². The Hall–Kier alpha value is -3.42. The van der Waals surface area contributed by atoms with Crippen molar-refractivity contribution in [3.8, 4) is 11.4 Å². The van der Waals surface area contributed by atoms with E-state index in [4.69, 9.17) is 0 Å². The van der Waals surface area contributed by atoms with Crippen LogP contribution in [0.5, 0.6) is 0 Å². The molecule has 29 heavy (non-hydrogen) atoms. The number of pyridine rings is 1. The number of nitrogens with one attached hydrogen (secondary N) is 3. The molecule has 0 aliphatic carbocycles. The van der Waals surface area contributed by atoms with Crippen LogP contribution in [0.2, 0.25) is 0 Å². The highest BCUT2D eigenvalue weighted by atomic mass is 15.2. The third kappa shape index (κ3) is 4.90. The number of H-pyrrole nitrogens is 1. The van der Waals surface area contributed by atoms with Gasteiger partial charge in [0.15, 0.2) is 11.8 Å². The Morgan fingerprint density at radius 1 is 1.17 bits per heavy atom. The van der Waals surface area contributed by atoms with Gasteiger partial charge in [0.1, 0.15) is 12.1 Å². The van der Waals surface area contributed by atoms with E-state index in [1.807, 2.05) is 37.5 Å². The summed E-state index contributed by atoms with van der Waals surface area (Å²) >= 11 is 0. The summed E-state index contributed by atoms with van der Waals surface area (Å²) in [6.07, 6.45) is 5.48. The quantitative estimate of drug-likeness (QED) is 0.457. The lowest BCUT2D eigenvalue weighted by Gasteiger charge is -2.33. The number of aromatic amines is 1. The van der Waals surface area contributed by atoms with Gasteiger partial charge in [-0.1, -0.05) is 24.3 Å². The second-order valence-electron chi connectivity index (χ2n) is 7.05. The summed E-state index contributed by atoms with van der Waals surface area (Å²) in [7, 11) is 1.81. The molecule has 0 unspecified atom stereocenters. The molecule has 1 fully saturated rings. The van der Waals surface area contributed by atoms with Gasteiger partial charge in [-0.15, -0.1) is 0 Å². The van der Waals surface area contributed by atoms with E-state index in [0.29, 0.717) is 12.6 Å². The second-order valence-corrected chi connectivity index (χ2v) is 7.05. The van der Waals surface area contributed by atoms with E-state index in [1.54, 1.807) is 0 Å². The van der Waals surface area contributed by atoms with Crippen LogP contribution in [-0.2, 0) is 6.54 Å². The van der Waals surface area contributed by atoms with Crippen LogP contribution in [0.25, 0.3) is 11.4 Å². The lowest BCUT2D eigenvalue weighted by Crippen LogP contribution is -2.48. The maximum Gasteiger partial charge on any atom is 0.191 e. The van der Waals surface area contributed by atoms with E-state index in [1.165, 1.54) is 6.33 Å². The smallest absolute Gasteiger partial charge is 0.191 e. The van der Waals surface area contributed by atoms with Crippen molar-refractivity contribution in [1.82, 2.24) is 30.8 Å². The normalized spacial score (nSPS) is 15.3. The maximum absolute atomic E-state index is 4.45. The molecular formula is C21H26N8. The number of benzene rings is 1. The molecule has 0 bridgehead atoms. The van der Waals surface area contributed by atoms with Crippen molar-refractivity contribution in [2.45, 2.75) is 25.4 Å². The van der Waals surface area contributed by atoms with Crippen LogP contribution in [0, 0.1) is 0 Å². The van der Waals surface area contributed by atoms with E-state index in [-0.39, 0.29) is 0 Å². The summed E-state index contributed by atoms with van der Waals surface area (Å²) in [6, 6.07) is 14.7. The molecule has 3 heterocycles. The molecule has 8 nitrogen and oxygen atoms in total. The molecule has 0 radical (unpaired) electrons. The molecule has 150 valence electrons. The van der Waals surface area contributed by atoms with Crippen molar-refractivity contribution in [1.29, 1.82) is 0 Å². The summed E-state index contributed by atoms with van der Waals surface area (Å²) in [4.78, 5) is 15.4. The van der Waals surface area contributed by atoms with Gasteiger partial charge in [0.25, 0.3) is 0 Å². The van der Waals surface area contributed by atoms with Crippen LogP contribution in [-0.4, -0.2) is 52.3 Å². The van der Waals surface area contributed by atoms with Gasteiger partial charge >= 0.3 is 0 Å². The molecule has 0 spiro atoms. The fourth-order valence-electron chi connectivity index (χ4n) is 3.54. The zero-order valence-corrected chi connectivity index (χ0v) is 16.5. The summed E-state index contributed by atoms with van der Waals surface area (Å²) < 4.78 is 0. The Morgan fingerprint density at radius 2 is 2.07 bits per heavy atom. The SMILES string of the molecule is CN=C(NCc1cccc(-c2ncn[nH]2)c1)NC1CCN(c2ccccn2)CC1. The van der Waals surface area contributed by atoms with Crippen molar-refractivity contribution in [2.75, 3.05) is 25.0 Å². The number of guanidine groups is 1. The van der Waals surface area contributed by atoms with Crippen LogP contribution in [0.3, 0.4) is 0 Å². The Bertz CT molecular complexity index is 915. The van der Waals surface area contributed by atoms with Gasteiger partial charge in [-0.3, -0.25) is 10.1 Å². The molecule has 1 aromatic carbocycles. The van der Waals surface area contributed by atoms with Crippen LogP contribution >= 0.6 is 0 Å². The Kier molecular flexibility index (Phi) is 5.99. The third-order valence-electron chi connectivity index (χ3n) is 5.11. The number of nitrogens with zero attached hydrogens (tertiary/aromatic N) is 5. The van der Waals surface area contributed by atoms with Gasteiger partial charge < -0.3 is 15.5 Å². The minimum absolute atomic E-state index is 0.404. The molecule has 3 aromatic rings. The van der Waals surface area contributed by atoms with Crippen molar-refractivity contribution < 1.29 is 0 Å². The van der Waals surface area contributed by atoms with Gasteiger partial charge in [-0.05, 0) is 36.6 Å². The van der Waals surface area contributed by atoms with Crippen LogP contribution in [0.15, 0.2) is 60.0 Å². The Balaban J connectivity index is 1.28. The number of piperidine rings is 1. The Morgan fingerprint density at radius 3 is 2.79 bits per heavy atom. The highest BCUT2D eigenvalue weighted by molar-refractivity contribution is 5.80. The van der Waals surface area contributed by atoms with Gasteiger partial charge in [-0.2, -0.15) is 5.10 Å². The van der Waals surface area contributed by atoms with E-state index in [2.05, 4.69) is 58.9 Å². The highest BCUT2D eigenvalue weighted by Crippen LogP contribution is 2.17. The molecule has 0 saturated carbocycles. The second kappa shape index (κ2) is 9.18. The first-order chi connectivity index (χ1) is 14.3. The van der Waals surface area contributed by atoms with E-state index >= 15 is 0 Å². The molecule has 0 amide bonds. The van der Waals surface area contributed by atoms with Crippen LogP contribution in [0.4, 0.5) is 5.82 Å². The number of aromatic nitrogens is 4. The van der Waals surface area contributed by atoms with E-state index < -0.39 is 0 Å². The van der Waals surface area contributed by atoms with E-state index in [0.717, 1.165) is 54.7 Å². The Labute approximate surface area is 170 Å². The van der Waals surface area contributed by atoms with Crippen LogP contribution < -0.4 is 15.5 Å². The molecule has 8 heteroatoms. The number of aliphatic imine (C=N–C) groups is 1. The van der Waals surface area contributed by atoms with Crippen LogP contribution in [0.1, 0.15) is 18.4 Å². The molecule has 1 aliphatic heterocycles. The predicted octanol–water partition coefficient (Wildman–Crippen LogP) is 2.20. The minimum Gasteiger partial charge on any atom is -0.356 e. The molecule has 1 saturated heterocycles. The zero-order valence-electron chi connectivity index (χ0n) is 16.5. The van der Waals surface area contributed by atoms with Gasteiger partial charge in [-0.25, -0.2) is 9.97 Å². The highest BCUT2D eigenvalue weighted by Gasteiger charge is 2.20. The number of hydrogen-bond donors (Lipinski definition) is 3. The zero-order chi connectivity index (χ0) is 19.9. The van der Waals surface area contributed by atoms with Gasteiger partial charge in [0.05, 0.1) is 0 Å².